The Hall–Kier alpha value is -5.91. The molecule has 15 nitrogen and oxygen atoms in total. The molecular formula is C50H47Cl4N5O10. The number of carbonyl (C=O) groups is 7. The van der Waals surface area contributed by atoms with Crippen molar-refractivity contribution < 1.29 is 47.8 Å². The number of rotatable bonds is 20. The molecule has 6 amide bonds. The van der Waals surface area contributed by atoms with Crippen LogP contribution in [0.4, 0.5) is 5.69 Å². The normalized spacial score (nSPS) is 17.6. The first-order chi connectivity index (χ1) is 33.2. The lowest BCUT2D eigenvalue weighted by atomic mass is 9.93. The van der Waals surface area contributed by atoms with Gasteiger partial charge in [0.1, 0.15) is 12.1 Å². The van der Waals surface area contributed by atoms with E-state index in [1.807, 2.05) is 30.3 Å². The first-order valence-electron chi connectivity index (χ1n) is 22.1. The predicted molar refractivity (Wildman–Crippen MR) is 261 cm³/mol. The van der Waals surface area contributed by atoms with Crippen molar-refractivity contribution in [2.24, 2.45) is 0 Å². The van der Waals surface area contributed by atoms with Crippen LogP contribution in [0.5, 0.6) is 0 Å². The number of piperidine rings is 2. The highest BCUT2D eigenvalue weighted by molar-refractivity contribution is 6.42. The van der Waals surface area contributed by atoms with E-state index in [4.69, 9.17) is 60.6 Å². The molecule has 0 aromatic heterocycles. The average molecular weight is 1020 g/mol. The Morgan fingerprint density at radius 3 is 1.90 bits per heavy atom. The molecule has 0 spiro atoms. The van der Waals surface area contributed by atoms with Crippen molar-refractivity contribution >= 4 is 105 Å². The van der Waals surface area contributed by atoms with Gasteiger partial charge in [0.25, 0.3) is 11.8 Å². The second-order valence-electron chi connectivity index (χ2n) is 16.2. The molecule has 2 atom stereocenters. The van der Waals surface area contributed by atoms with Gasteiger partial charge < -0.3 is 29.7 Å². The van der Waals surface area contributed by atoms with Gasteiger partial charge in [-0.05, 0) is 77.7 Å². The Balaban J connectivity index is 0.853. The number of Topliss-reactive ketones (excluding diaryl/α,β-unsaturated/α-hetero) is 1. The van der Waals surface area contributed by atoms with Crippen LogP contribution >= 0.6 is 46.4 Å². The highest BCUT2D eigenvalue weighted by atomic mass is 35.5. The number of likely N-dealkylation sites (tertiary alicyclic amines) is 1. The fourth-order valence-corrected chi connectivity index (χ4v) is 8.51. The first-order valence-corrected chi connectivity index (χ1v) is 23.6. The smallest absolute Gasteiger partial charge is 0.262 e. The number of hydrogen-bond acceptors (Lipinski definition) is 11. The number of carbonyl (C=O) groups excluding carboxylic acids is 7. The number of nitrogens with zero attached hydrogens (tertiary/aromatic N) is 2. The molecule has 0 bridgehead atoms. The molecule has 69 heavy (non-hydrogen) atoms. The fraction of sp³-hybridized carbons (Fsp3) is 0.300. The van der Waals surface area contributed by atoms with Crippen molar-refractivity contribution in [3.05, 3.63) is 144 Å². The van der Waals surface area contributed by atoms with Crippen molar-refractivity contribution in [2.45, 2.75) is 37.8 Å². The second kappa shape index (κ2) is 24.1. The SMILES string of the molecule is O=C1CCC(N2C(=O)c3ccc(NCCOCCOCCOCCC(=O)N[C@H](Cc4ccccc4)C(=O)N4C/C(=C\c5ccc(Cl)c(Cl)c5)C(=O)/C(=C/c5ccc(Cl)c(Cl)c5)C4)cc3C2=O)C(=O)N1. The van der Waals surface area contributed by atoms with Gasteiger partial charge in [-0.3, -0.25) is 43.8 Å². The highest BCUT2D eigenvalue weighted by Crippen LogP contribution is 2.31. The van der Waals surface area contributed by atoms with E-state index in [0.29, 0.717) is 67.8 Å². The molecule has 0 aliphatic carbocycles. The zero-order valence-corrected chi connectivity index (χ0v) is 40.1. The number of ether oxygens (including phenoxy) is 3. The van der Waals surface area contributed by atoms with Crippen LogP contribution in [0, 0.1) is 0 Å². The molecule has 2 fully saturated rings. The Labute approximate surface area is 418 Å². The Bertz CT molecular complexity index is 2620. The molecule has 1 unspecified atom stereocenters. The summed E-state index contributed by atoms with van der Waals surface area (Å²) in [6.45, 7) is 1.78. The first kappa shape index (κ1) is 51.0. The van der Waals surface area contributed by atoms with E-state index < -0.39 is 41.6 Å². The van der Waals surface area contributed by atoms with Crippen LogP contribution in [0.3, 0.4) is 0 Å². The number of halogens is 4. The molecule has 360 valence electrons. The molecule has 19 heteroatoms. The lowest BCUT2D eigenvalue weighted by molar-refractivity contribution is -0.137. The summed E-state index contributed by atoms with van der Waals surface area (Å²) in [7, 11) is 0. The van der Waals surface area contributed by atoms with Gasteiger partial charge in [-0.2, -0.15) is 0 Å². The van der Waals surface area contributed by atoms with Crippen LogP contribution < -0.4 is 16.0 Å². The number of imide groups is 2. The van der Waals surface area contributed by atoms with Gasteiger partial charge in [0.05, 0.1) is 70.9 Å². The van der Waals surface area contributed by atoms with Crippen molar-refractivity contribution in [1.82, 2.24) is 20.4 Å². The van der Waals surface area contributed by atoms with Crippen molar-refractivity contribution in [1.29, 1.82) is 0 Å². The van der Waals surface area contributed by atoms with Crippen LogP contribution in [-0.2, 0) is 44.6 Å². The van der Waals surface area contributed by atoms with Gasteiger partial charge in [-0.15, -0.1) is 0 Å². The lowest BCUT2D eigenvalue weighted by Gasteiger charge is -2.33. The van der Waals surface area contributed by atoms with E-state index >= 15 is 0 Å². The minimum Gasteiger partial charge on any atom is -0.383 e. The van der Waals surface area contributed by atoms with E-state index in [9.17, 15) is 33.6 Å². The summed E-state index contributed by atoms with van der Waals surface area (Å²) < 4.78 is 16.9. The predicted octanol–water partition coefficient (Wildman–Crippen LogP) is 6.86. The minimum absolute atomic E-state index is 0.0229. The number of ketones is 1. The van der Waals surface area contributed by atoms with Gasteiger partial charge >= 0.3 is 0 Å². The summed E-state index contributed by atoms with van der Waals surface area (Å²) in [5.41, 5.74) is 3.69. The molecule has 4 aromatic carbocycles. The van der Waals surface area contributed by atoms with Crippen LogP contribution in [0.15, 0.2) is 96.1 Å². The number of hydrogen-bond donors (Lipinski definition) is 3. The Morgan fingerprint density at radius 1 is 0.696 bits per heavy atom. The maximum Gasteiger partial charge on any atom is 0.262 e. The largest absolute Gasteiger partial charge is 0.383 e. The highest BCUT2D eigenvalue weighted by Gasteiger charge is 2.44. The van der Waals surface area contributed by atoms with Crippen molar-refractivity contribution in [3.63, 3.8) is 0 Å². The molecule has 0 saturated carbocycles. The van der Waals surface area contributed by atoms with E-state index in [-0.39, 0.29) is 88.0 Å². The minimum atomic E-state index is -1.03. The van der Waals surface area contributed by atoms with Gasteiger partial charge in [0, 0.05) is 55.7 Å². The monoisotopic (exact) mass is 1020 g/mol. The fourth-order valence-electron chi connectivity index (χ4n) is 7.89. The lowest BCUT2D eigenvalue weighted by Crippen LogP contribution is -2.54. The number of anilines is 1. The van der Waals surface area contributed by atoms with Crippen molar-refractivity contribution in [2.75, 3.05) is 64.6 Å². The Morgan fingerprint density at radius 2 is 1.29 bits per heavy atom. The molecule has 0 radical (unpaired) electrons. The summed E-state index contributed by atoms with van der Waals surface area (Å²) in [6.07, 6.45) is 3.64. The van der Waals surface area contributed by atoms with Gasteiger partial charge in [-0.1, -0.05) is 88.9 Å². The number of fused-ring (bicyclic) bond motifs is 1. The molecule has 2 saturated heterocycles. The summed E-state index contributed by atoms with van der Waals surface area (Å²) in [5.74, 6) is -3.30. The summed E-state index contributed by atoms with van der Waals surface area (Å²) in [6, 6.07) is 22.0. The van der Waals surface area contributed by atoms with E-state index in [1.54, 1.807) is 65.6 Å². The Kier molecular flexibility index (Phi) is 17.8. The molecule has 7 rings (SSSR count). The third-order valence-electron chi connectivity index (χ3n) is 11.3. The number of benzene rings is 4. The second-order valence-corrected chi connectivity index (χ2v) is 17.9. The van der Waals surface area contributed by atoms with E-state index in [1.165, 1.54) is 6.07 Å². The zero-order chi connectivity index (χ0) is 49.0. The van der Waals surface area contributed by atoms with Crippen LogP contribution in [0.25, 0.3) is 12.2 Å². The standard InChI is InChI=1S/C50H47Cl4N5O10/c51-38-10-6-31(24-40(38)53)22-33-28-58(29-34(46(33)62)23-32-7-11-39(52)41(54)25-32)50(66)42(26-30-4-2-1-3-5-30)56-45(61)14-16-67-18-20-69-21-19-68-17-15-55-35-8-9-36-37(27-35)49(65)59(48(36)64)43-12-13-44(60)57-47(43)63/h1-11,22-25,27,42-43,55H,12-21,26,28-29H2,(H,56,61)(H,57,60,63)/b33-22+,34-23+/t42-,43?/m1/s1. The summed E-state index contributed by atoms with van der Waals surface area (Å²) in [5, 5.41) is 9.57. The van der Waals surface area contributed by atoms with Gasteiger partial charge in [0.15, 0.2) is 5.78 Å². The number of nitrogens with one attached hydrogen (secondary N) is 3. The van der Waals surface area contributed by atoms with E-state index in [0.717, 1.165) is 10.5 Å². The average Bonchev–Trinajstić information content (AvgIpc) is 3.57. The van der Waals surface area contributed by atoms with Crippen LogP contribution in [0.1, 0.15) is 56.7 Å². The third kappa shape index (κ3) is 13.5. The topological polar surface area (TPSA) is 190 Å². The molecular weight excluding hydrogens is 972 g/mol. The molecule has 3 heterocycles. The van der Waals surface area contributed by atoms with Crippen molar-refractivity contribution in [3.8, 4) is 0 Å². The molecule has 3 aliphatic heterocycles. The maximum absolute atomic E-state index is 14.5. The van der Waals surface area contributed by atoms with Crippen LogP contribution in [-0.4, -0.2) is 122 Å². The maximum atomic E-state index is 14.5. The van der Waals surface area contributed by atoms with Crippen LogP contribution in [0.2, 0.25) is 20.1 Å². The molecule has 4 aromatic rings. The zero-order valence-electron chi connectivity index (χ0n) is 37.1. The van der Waals surface area contributed by atoms with Gasteiger partial charge in [-0.25, -0.2) is 0 Å². The quantitative estimate of drug-likeness (QED) is 0.0477. The van der Waals surface area contributed by atoms with E-state index in [2.05, 4.69) is 16.0 Å². The number of amides is 6. The summed E-state index contributed by atoms with van der Waals surface area (Å²) in [4.78, 5) is 94.1. The molecule has 3 aliphatic rings. The molecule has 3 N–H and O–H groups in total. The third-order valence-corrected chi connectivity index (χ3v) is 12.8. The van der Waals surface area contributed by atoms with Gasteiger partial charge in [0.2, 0.25) is 23.6 Å². The summed E-state index contributed by atoms with van der Waals surface area (Å²) >= 11 is 24.9.